The lowest BCUT2D eigenvalue weighted by molar-refractivity contribution is 0.0943. The number of fused-ring (bicyclic) bond motifs is 1. The van der Waals surface area contributed by atoms with Crippen LogP contribution in [0.4, 0.5) is 0 Å². The fourth-order valence-electron chi connectivity index (χ4n) is 1.27. The normalized spacial score (nSPS) is 17.0. The molecule has 1 aliphatic rings. The second kappa shape index (κ2) is 5.92. The zero-order chi connectivity index (χ0) is 11.1. The molecule has 0 amide bonds. The summed E-state index contributed by atoms with van der Waals surface area (Å²) in [6.45, 7) is 4.46. The van der Waals surface area contributed by atoms with Crippen LogP contribution in [0.25, 0.3) is 0 Å². The number of nitrogens with zero attached hydrogens (tertiary/aromatic N) is 1. The SMILES string of the molecule is CC.N#CCC1COc2ccccc2O1. The molecule has 1 aliphatic heterocycles. The molecular formula is C12H15NO2. The summed E-state index contributed by atoms with van der Waals surface area (Å²) < 4.78 is 10.9. The van der Waals surface area contributed by atoms with Crippen LogP contribution in [-0.4, -0.2) is 12.7 Å². The first-order chi connectivity index (χ1) is 7.40. The van der Waals surface area contributed by atoms with Crippen molar-refractivity contribution >= 4 is 0 Å². The van der Waals surface area contributed by atoms with Crippen molar-refractivity contribution in [1.82, 2.24) is 0 Å². The zero-order valence-corrected chi connectivity index (χ0v) is 9.06. The molecule has 1 atom stereocenters. The maximum Gasteiger partial charge on any atom is 0.161 e. The van der Waals surface area contributed by atoms with Gasteiger partial charge in [0.05, 0.1) is 12.5 Å². The second-order valence-corrected chi connectivity index (χ2v) is 2.86. The highest BCUT2D eigenvalue weighted by molar-refractivity contribution is 5.40. The molecule has 0 bridgehead atoms. The van der Waals surface area contributed by atoms with Crippen LogP contribution in [0, 0.1) is 11.3 Å². The van der Waals surface area contributed by atoms with Crippen LogP contribution in [0.1, 0.15) is 20.3 Å². The highest BCUT2D eigenvalue weighted by Crippen LogP contribution is 2.31. The summed E-state index contributed by atoms with van der Waals surface area (Å²) in [6, 6.07) is 9.55. The van der Waals surface area contributed by atoms with Gasteiger partial charge in [-0.2, -0.15) is 5.26 Å². The topological polar surface area (TPSA) is 42.2 Å². The van der Waals surface area contributed by atoms with Crippen molar-refractivity contribution in [3.05, 3.63) is 24.3 Å². The molecule has 1 aromatic carbocycles. The molecule has 0 fully saturated rings. The van der Waals surface area contributed by atoms with Crippen molar-refractivity contribution in [2.24, 2.45) is 0 Å². The van der Waals surface area contributed by atoms with Gasteiger partial charge in [0.1, 0.15) is 12.7 Å². The number of nitriles is 1. The molecule has 0 saturated heterocycles. The molecule has 0 spiro atoms. The first-order valence-corrected chi connectivity index (χ1v) is 5.15. The predicted molar refractivity (Wildman–Crippen MR) is 57.9 cm³/mol. The average Bonchev–Trinajstić information content (AvgIpc) is 2.32. The van der Waals surface area contributed by atoms with E-state index < -0.39 is 0 Å². The third-order valence-corrected chi connectivity index (χ3v) is 1.89. The fraction of sp³-hybridized carbons (Fsp3) is 0.417. The van der Waals surface area contributed by atoms with Gasteiger partial charge in [-0.1, -0.05) is 26.0 Å². The van der Waals surface area contributed by atoms with E-state index >= 15 is 0 Å². The first kappa shape index (κ1) is 11.4. The molecule has 80 valence electrons. The minimum absolute atomic E-state index is 0.125. The van der Waals surface area contributed by atoms with E-state index in [-0.39, 0.29) is 6.10 Å². The Balaban J connectivity index is 0.000000531. The quantitative estimate of drug-likeness (QED) is 0.708. The van der Waals surface area contributed by atoms with Gasteiger partial charge in [0.2, 0.25) is 0 Å². The Kier molecular flexibility index (Phi) is 4.49. The largest absolute Gasteiger partial charge is 0.486 e. The summed E-state index contributed by atoms with van der Waals surface area (Å²) in [5, 5.41) is 8.48. The average molecular weight is 205 g/mol. The smallest absolute Gasteiger partial charge is 0.161 e. The van der Waals surface area contributed by atoms with Gasteiger partial charge in [-0.3, -0.25) is 0 Å². The van der Waals surface area contributed by atoms with Gasteiger partial charge in [0.15, 0.2) is 11.5 Å². The molecule has 15 heavy (non-hydrogen) atoms. The van der Waals surface area contributed by atoms with Crippen LogP contribution in [-0.2, 0) is 0 Å². The molecule has 0 aliphatic carbocycles. The Morgan fingerprint density at radius 3 is 2.67 bits per heavy atom. The maximum atomic E-state index is 8.48. The molecule has 0 saturated carbocycles. The van der Waals surface area contributed by atoms with E-state index in [2.05, 4.69) is 6.07 Å². The van der Waals surface area contributed by atoms with E-state index in [4.69, 9.17) is 14.7 Å². The van der Waals surface area contributed by atoms with Crippen molar-refractivity contribution < 1.29 is 9.47 Å². The predicted octanol–water partition coefficient (Wildman–Crippen LogP) is 2.77. The minimum Gasteiger partial charge on any atom is -0.486 e. The van der Waals surface area contributed by atoms with Gasteiger partial charge in [0.25, 0.3) is 0 Å². The van der Waals surface area contributed by atoms with Crippen LogP contribution in [0.2, 0.25) is 0 Å². The van der Waals surface area contributed by atoms with Crippen LogP contribution in [0.3, 0.4) is 0 Å². The molecule has 3 nitrogen and oxygen atoms in total. The zero-order valence-electron chi connectivity index (χ0n) is 9.06. The van der Waals surface area contributed by atoms with Crippen molar-refractivity contribution in [2.75, 3.05) is 6.61 Å². The summed E-state index contributed by atoms with van der Waals surface area (Å²) in [4.78, 5) is 0. The highest BCUT2D eigenvalue weighted by Gasteiger charge is 2.19. The number of hydrogen-bond donors (Lipinski definition) is 0. The van der Waals surface area contributed by atoms with Crippen molar-refractivity contribution in [3.8, 4) is 17.6 Å². The summed E-state index contributed by atoms with van der Waals surface area (Å²) in [6.07, 6.45) is 0.244. The van der Waals surface area contributed by atoms with Crippen LogP contribution >= 0.6 is 0 Å². The van der Waals surface area contributed by atoms with E-state index in [9.17, 15) is 0 Å². The van der Waals surface area contributed by atoms with E-state index in [0.29, 0.717) is 13.0 Å². The number of hydrogen-bond acceptors (Lipinski definition) is 3. The molecule has 2 rings (SSSR count). The van der Waals surface area contributed by atoms with Crippen molar-refractivity contribution in [2.45, 2.75) is 26.4 Å². The summed E-state index contributed by atoms with van der Waals surface area (Å²) >= 11 is 0. The van der Waals surface area contributed by atoms with Gasteiger partial charge < -0.3 is 9.47 Å². The molecule has 1 aromatic rings. The second-order valence-electron chi connectivity index (χ2n) is 2.86. The van der Waals surface area contributed by atoms with Gasteiger partial charge >= 0.3 is 0 Å². The maximum absolute atomic E-state index is 8.48. The van der Waals surface area contributed by atoms with Gasteiger partial charge in [-0.05, 0) is 12.1 Å². The van der Waals surface area contributed by atoms with E-state index in [1.807, 2.05) is 38.1 Å². The Morgan fingerprint density at radius 2 is 2.00 bits per heavy atom. The van der Waals surface area contributed by atoms with Gasteiger partial charge in [0, 0.05) is 0 Å². The van der Waals surface area contributed by atoms with Crippen molar-refractivity contribution in [1.29, 1.82) is 5.26 Å². The monoisotopic (exact) mass is 205 g/mol. The molecule has 0 radical (unpaired) electrons. The first-order valence-electron chi connectivity index (χ1n) is 5.15. The molecular weight excluding hydrogens is 190 g/mol. The fourth-order valence-corrected chi connectivity index (χ4v) is 1.27. The van der Waals surface area contributed by atoms with Gasteiger partial charge in [-0.15, -0.1) is 0 Å². The molecule has 0 aromatic heterocycles. The van der Waals surface area contributed by atoms with E-state index in [1.54, 1.807) is 0 Å². The standard InChI is InChI=1S/C10H9NO2.C2H6/c11-6-5-8-7-12-9-3-1-2-4-10(9)13-8;1-2/h1-4,8H,5,7H2;1-2H3. The highest BCUT2D eigenvalue weighted by atomic mass is 16.6. The van der Waals surface area contributed by atoms with Crippen LogP contribution in [0.15, 0.2) is 24.3 Å². The van der Waals surface area contributed by atoms with E-state index in [0.717, 1.165) is 11.5 Å². The Bertz CT molecular complexity index is 344. The number of rotatable bonds is 1. The Morgan fingerprint density at radius 1 is 1.33 bits per heavy atom. The third-order valence-electron chi connectivity index (χ3n) is 1.89. The third kappa shape index (κ3) is 2.88. The van der Waals surface area contributed by atoms with Gasteiger partial charge in [-0.25, -0.2) is 0 Å². The lowest BCUT2D eigenvalue weighted by atomic mass is 10.2. The Hall–Kier alpha value is -1.69. The van der Waals surface area contributed by atoms with Crippen LogP contribution in [0.5, 0.6) is 11.5 Å². The number of ether oxygens (including phenoxy) is 2. The Labute approximate surface area is 90.2 Å². The van der Waals surface area contributed by atoms with E-state index in [1.165, 1.54) is 0 Å². The lowest BCUT2D eigenvalue weighted by Gasteiger charge is -2.24. The summed E-state index contributed by atoms with van der Waals surface area (Å²) in [5.74, 6) is 1.49. The summed E-state index contributed by atoms with van der Waals surface area (Å²) in [5.41, 5.74) is 0. The number of para-hydroxylation sites is 2. The molecule has 0 N–H and O–H groups in total. The summed E-state index contributed by atoms with van der Waals surface area (Å²) in [7, 11) is 0. The van der Waals surface area contributed by atoms with Crippen LogP contribution < -0.4 is 9.47 Å². The molecule has 1 unspecified atom stereocenters. The number of benzene rings is 1. The molecule has 3 heteroatoms. The molecule has 1 heterocycles. The minimum atomic E-state index is -0.125. The van der Waals surface area contributed by atoms with Crippen molar-refractivity contribution in [3.63, 3.8) is 0 Å². The lowest BCUT2D eigenvalue weighted by Crippen LogP contribution is -2.28.